The first kappa shape index (κ1) is 15.4. The molecule has 2 rings (SSSR count). The predicted octanol–water partition coefficient (Wildman–Crippen LogP) is 2.42. The number of sulfonamides is 1. The molecule has 6 nitrogen and oxygen atoms in total. The molecule has 0 spiro atoms. The van der Waals surface area contributed by atoms with Crippen molar-refractivity contribution in [3.05, 3.63) is 47.2 Å². The van der Waals surface area contributed by atoms with E-state index in [0.29, 0.717) is 17.3 Å². The molecule has 1 heterocycles. The van der Waals surface area contributed by atoms with E-state index >= 15 is 0 Å². The topological polar surface area (TPSA) is 91.3 Å². The van der Waals surface area contributed by atoms with Gasteiger partial charge in [-0.3, -0.25) is 9.71 Å². The van der Waals surface area contributed by atoms with Crippen LogP contribution in [-0.2, 0) is 16.6 Å². The Labute approximate surface area is 127 Å². The Morgan fingerprint density at radius 2 is 2.05 bits per heavy atom. The molecule has 0 saturated heterocycles. The number of anilines is 2. The van der Waals surface area contributed by atoms with Crippen LogP contribution in [-0.4, -0.2) is 24.8 Å². The quantitative estimate of drug-likeness (QED) is 0.784. The van der Waals surface area contributed by atoms with E-state index in [-0.39, 0.29) is 5.75 Å². The summed E-state index contributed by atoms with van der Waals surface area (Å²) in [7, 11) is -3.36. The number of nitrogens with zero attached hydrogens (tertiary/aromatic N) is 1. The maximum absolute atomic E-state index is 11.2. The Morgan fingerprint density at radius 3 is 2.62 bits per heavy atom. The number of halogens is 1. The third-order valence-corrected chi connectivity index (χ3v) is 3.45. The van der Waals surface area contributed by atoms with Crippen LogP contribution in [0.1, 0.15) is 5.69 Å². The molecule has 0 aliphatic heterocycles. The molecule has 0 radical (unpaired) electrons. The van der Waals surface area contributed by atoms with Crippen LogP contribution in [0.4, 0.5) is 11.4 Å². The van der Waals surface area contributed by atoms with Crippen molar-refractivity contribution in [1.29, 1.82) is 0 Å². The summed E-state index contributed by atoms with van der Waals surface area (Å²) < 4.78 is 24.7. The zero-order chi connectivity index (χ0) is 15.5. The number of hydrogen-bond acceptors (Lipinski definition) is 5. The van der Waals surface area contributed by atoms with Crippen molar-refractivity contribution in [1.82, 2.24) is 4.98 Å². The van der Waals surface area contributed by atoms with Crippen molar-refractivity contribution < 1.29 is 13.5 Å². The van der Waals surface area contributed by atoms with Crippen LogP contribution in [0.2, 0.25) is 5.02 Å². The summed E-state index contributed by atoms with van der Waals surface area (Å²) in [5.41, 5.74) is 1.81. The number of aromatic hydroxyl groups is 1. The zero-order valence-electron chi connectivity index (χ0n) is 11.2. The van der Waals surface area contributed by atoms with E-state index in [4.69, 9.17) is 16.7 Å². The Morgan fingerprint density at radius 1 is 1.29 bits per heavy atom. The van der Waals surface area contributed by atoms with E-state index in [1.807, 2.05) is 0 Å². The normalized spacial score (nSPS) is 11.1. The first-order valence-electron chi connectivity index (χ1n) is 5.98. The minimum atomic E-state index is -3.36. The van der Waals surface area contributed by atoms with Crippen molar-refractivity contribution in [2.24, 2.45) is 0 Å². The van der Waals surface area contributed by atoms with Crippen molar-refractivity contribution >= 4 is 33.0 Å². The van der Waals surface area contributed by atoms with Crippen LogP contribution in [0.25, 0.3) is 0 Å². The molecule has 0 atom stereocenters. The monoisotopic (exact) mass is 327 g/mol. The molecular formula is C13H14ClN3O3S. The second kappa shape index (κ2) is 6.19. The second-order valence-electron chi connectivity index (χ2n) is 4.43. The summed E-state index contributed by atoms with van der Waals surface area (Å²) in [4.78, 5) is 4.04. The Balaban J connectivity index is 2.05. The summed E-state index contributed by atoms with van der Waals surface area (Å²) >= 11 is 6.02. The van der Waals surface area contributed by atoms with Crippen LogP contribution in [0, 0.1) is 0 Å². The SMILES string of the molecule is CS(=O)(=O)Nc1ccc(NCc2ccc(O)cn2)cc1Cl. The number of pyridine rings is 1. The molecule has 0 unspecified atom stereocenters. The van der Waals surface area contributed by atoms with Gasteiger partial charge in [-0.15, -0.1) is 0 Å². The van der Waals surface area contributed by atoms with Crippen LogP contribution in [0.3, 0.4) is 0 Å². The molecule has 0 fully saturated rings. The average Bonchev–Trinajstić information content (AvgIpc) is 2.40. The molecule has 1 aromatic carbocycles. The van der Waals surface area contributed by atoms with Gasteiger partial charge >= 0.3 is 0 Å². The highest BCUT2D eigenvalue weighted by molar-refractivity contribution is 7.92. The van der Waals surface area contributed by atoms with Crippen LogP contribution < -0.4 is 10.0 Å². The van der Waals surface area contributed by atoms with E-state index in [0.717, 1.165) is 17.6 Å². The molecular weight excluding hydrogens is 314 g/mol. The second-order valence-corrected chi connectivity index (χ2v) is 6.59. The molecule has 2 aromatic rings. The van der Waals surface area contributed by atoms with E-state index in [2.05, 4.69) is 15.0 Å². The van der Waals surface area contributed by atoms with Crippen molar-refractivity contribution in [3.8, 4) is 5.75 Å². The third-order valence-electron chi connectivity index (χ3n) is 2.55. The van der Waals surface area contributed by atoms with Gasteiger partial charge in [-0.2, -0.15) is 0 Å². The van der Waals surface area contributed by atoms with Gasteiger partial charge in [-0.25, -0.2) is 8.42 Å². The summed E-state index contributed by atoms with van der Waals surface area (Å²) in [6.07, 6.45) is 2.43. The molecule has 3 N–H and O–H groups in total. The maximum Gasteiger partial charge on any atom is 0.229 e. The predicted molar refractivity (Wildman–Crippen MR) is 83.1 cm³/mol. The van der Waals surface area contributed by atoms with E-state index in [1.165, 1.54) is 6.20 Å². The highest BCUT2D eigenvalue weighted by atomic mass is 35.5. The zero-order valence-corrected chi connectivity index (χ0v) is 12.7. The Kier molecular flexibility index (Phi) is 4.54. The van der Waals surface area contributed by atoms with Crippen LogP contribution in [0.15, 0.2) is 36.5 Å². The maximum atomic E-state index is 11.2. The van der Waals surface area contributed by atoms with Gasteiger partial charge in [0.15, 0.2) is 0 Å². The van der Waals surface area contributed by atoms with Crippen LogP contribution >= 0.6 is 11.6 Å². The largest absolute Gasteiger partial charge is 0.506 e. The lowest BCUT2D eigenvalue weighted by molar-refractivity contribution is 0.472. The first-order valence-corrected chi connectivity index (χ1v) is 8.25. The lowest BCUT2D eigenvalue weighted by atomic mass is 10.2. The highest BCUT2D eigenvalue weighted by Gasteiger charge is 2.07. The minimum Gasteiger partial charge on any atom is -0.506 e. The highest BCUT2D eigenvalue weighted by Crippen LogP contribution is 2.26. The van der Waals surface area contributed by atoms with E-state index in [9.17, 15) is 8.42 Å². The van der Waals surface area contributed by atoms with Gasteiger partial charge in [0.05, 0.1) is 35.4 Å². The van der Waals surface area contributed by atoms with Gasteiger partial charge in [0.1, 0.15) is 5.75 Å². The summed E-state index contributed by atoms with van der Waals surface area (Å²) in [6, 6.07) is 8.16. The standard InChI is InChI=1S/C13H14ClN3O3S/c1-21(19,20)17-13-5-3-9(6-12(13)14)15-7-10-2-4-11(18)8-16-10/h2-6,8,15,17-18H,7H2,1H3. The molecule has 0 saturated carbocycles. The molecule has 0 aliphatic rings. The fourth-order valence-electron chi connectivity index (χ4n) is 1.62. The lowest BCUT2D eigenvalue weighted by Crippen LogP contribution is -2.10. The molecule has 1 aromatic heterocycles. The smallest absolute Gasteiger partial charge is 0.229 e. The summed E-state index contributed by atoms with van der Waals surface area (Å²) in [5, 5.41) is 12.5. The number of benzene rings is 1. The van der Waals surface area contributed by atoms with Gasteiger partial charge in [-0.1, -0.05) is 11.6 Å². The molecule has 8 heteroatoms. The molecule has 112 valence electrons. The Bertz CT molecular complexity index is 733. The van der Waals surface area contributed by atoms with Crippen molar-refractivity contribution in [2.45, 2.75) is 6.54 Å². The fraction of sp³-hybridized carbons (Fsp3) is 0.154. The van der Waals surface area contributed by atoms with Crippen molar-refractivity contribution in [2.75, 3.05) is 16.3 Å². The third kappa shape index (κ3) is 4.80. The molecule has 0 aliphatic carbocycles. The van der Waals surface area contributed by atoms with Gasteiger partial charge in [-0.05, 0) is 30.3 Å². The molecule has 0 amide bonds. The van der Waals surface area contributed by atoms with Gasteiger partial charge in [0, 0.05) is 5.69 Å². The number of hydrogen-bond donors (Lipinski definition) is 3. The summed E-state index contributed by atoms with van der Waals surface area (Å²) in [5.74, 6) is 0.109. The Hall–Kier alpha value is -1.99. The van der Waals surface area contributed by atoms with Gasteiger partial charge in [0.25, 0.3) is 0 Å². The van der Waals surface area contributed by atoms with Gasteiger partial charge < -0.3 is 10.4 Å². The van der Waals surface area contributed by atoms with Crippen LogP contribution in [0.5, 0.6) is 5.75 Å². The fourth-order valence-corrected chi connectivity index (χ4v) is 2.48. The van der Waals surface area contributed by atoms with Gasteiger partial charge in [0.2, 0.25) is 10.0 Å². The average molecular weight is 328 g/mol. The molecule has 0 bridgehead atoms. The van der Waals surface area contributed by atoms with E-state index < -0.39 is 10.0 Å². The number of nitrogens with one attached hydrogen (secondary N) is 2. The van der Waals surface area contributed by atoms with E-state index in [1.54, 1.807) is 30.3 Å². The lowest BCUT2D eigenvalue weighted by Gasteiger charge is -2.10. The van der Waals surface area contributed by atoms with Crippen molar-refractivity contribution in [3.63, 3.8) is 0 Å². The molecule has 21 heavy (non-hydrogen) atoms. The summed E-state index contributed by atoms with van der Waals surface area (Å²) in [6.45, 7) is 0.454. The minimum absolute atomic E-state index is 0.109. The first-order chi connectivity index (χ1) is 9.83. The number of aromatic nitrogens is 1. The number of rotatable bonds is 5.